The summed E-state index contributed by atoms with van der Waals surface area (Å²) in [4.78, 5) is 11.0. The number of carbonyl (C=O) groups excluding carboxylic acids is 1. The zero-order chi connectivity index (χ0) is 13.2. The second kappa shape index (κ2) is 5.30. The number of hydrogen-bond acceptors (Lipinski definition) is 3. The Kier molecular flexibility index (Phi) is 4.48. The predicted octanol–water partition coefficient (Wildman–Crippen LogP) is 3.85. The zero-order valence-electron chi connectivity index (χ0n) is 8.72. The molecule has 0 bridgehead atoms. The van der Waals surface area contributed by atoms with E-state index in [-0.39, 0.29) is 33.7 Å². The van der Waals surface area contributed by atoms with Crippen LogP contribution < -0.4 is 5.73 Å². The molecule has 0 fully saturated rings. The van der Waals surface area contributed by atoms with E-state index in [0.29, 0.717) is 0 Å². The van der Waals surface area contributed by atoms with Crippen molar-refractivity contribution in [3.8, 4) is 0 Å². The molecule has 0 spiro atoms. The normalized spacial score (nSPS) is 13.5. The van der Waals surface area contributed by atoms with Gasteiger partial charge in [-0.3, -0.25) is 4.79 Å². The molecular weight excluding hydrogens is 319 g/mol. The Morgan fingerprint density at radius 1 is 1.47 bits per heavy atom. The van der Waals surface area contributed by atoms with E-state index in [4.69, 9.17) is 5.73 Å². The second-order valence-corrected chi connectivity index (χ2v) is 5.73. The van der Waals surface area contributed by atoms with Crippen molar-refractivity contribution in [2.24, 2.45) is 0 Å². The Labute approximate surface area is 109 Å². The van der Waals surface area contributed by atoms with Gasteiger partial charge in [0.05, 0.1) is 10.5 Å². The molecule has 0 aliphatic rings. The summed E-state index contributed by atoms with van der Waals surface area (Å²) in [5.74, 6) is -0.341. The molecule has 17 heavy (non-hydrogen) atoms. The molecule has 1 rings (SSSR count). The molecule has 0 heterocycles. The number of benzene rings is 1. The molecule has 1 aromatic carbocycles. The summed E-state index contributed by atoms with van der Waals surface area (Å²) < 4.78 is 36.7. The fourth-order valence-electron chi connectivity index (χ4n) is 1.19. The monoisotopic (exact) mass is 327 g/mol. The number of nitrogens with two attached hydrogens (primary N) is 1. The van der Waals surface area contributed by atoms with Gasteiger partial charge in [0.2, 0.25) is 0 Å². The fraction of sp³-hybridized carbons (Fsp3) is 0.300. The van der Waals surface area contributed by atoms with E-state index >= 15 is 0 Å². The molecule has 2 nitrogen and oxygen atoms in total. The van der Waals surface area contributed by atoms with Crippen LogP contribution in [0.3, 0.4) is 0 Å². The van der Waals surface area contributed by atoms with Gasteiger partial charge in [0.15, 0.2) is 5.78 Å². The van der Waals surface area contributed by atoms with Gasteiger partial charge in [0.25, 0.3) is 0 Å². The average molecular weight is 328 g/mol. The molecule has 7 heteroatoms. The van der Waals surface area contributed by atoms with Gasteiger partial charge in [-0.1, -0.05) is 22.0 Å². The Bertz CT molecular complexity index is 434. The van der Waals surface area contributed by atoms with E-state index in [9.17, 15) is 18.0 Å². The van der Waals surface area contributed by atoms with E-state index in [2.05, 4.69) is 15.9 Å². The topological polar surface area (TPSA) is 43.1 Å². The number of hydrogen-bond donors (Lipinski definition) is 1. The van der Waals surface area contributed by atoms with Crippen LogP contribution in [-0.4, -0.2) is 16.1 Å². The molecule has 0 saturated carbocycles. The summed E-state index contributed by atoms with van der Waals surface area (Å²) in [5.41, 5.74) is 1.11. The number of rotatable bonds is 3. The number of para-hydroxylation sites is 1. The van der Waals surface area contributed by atoms with Crippen molar-refractivity contribution in [3.05, 3.63) is 23.8 Å². The van der Waals surface area contributed by atoms with E-state index < -0.39 is 10.3 Å². The maximum Gasteiger partial charge on any atom is 0.446 e. The molecule has 2 N–H and O–H groups in total. The quantitative estimate of drug-likeness (QED) is 0.397. The van der Waals surface area contributed by atoms with Crippen molar-refractivity contribution in [1.29, 1.82) is 0 Å². The van der Waals surface area contributed by atoms with Crippen LogP contribution in [-0.2, 0) is 0 Å². The lowest BCUT2D eigenvalue weighted by Gasteiger charge is -2.12. The second-order valence-electron chi connectivity index (χ2n) is 3.25. The number of carbonyl (C=O) groups is 1. The summed E-state index contributed by atoms with van der Waals surface area (Å²) in [5, 5.41) is 0. The van der Waals surface area contributed by atoms with E-state index in [1.807, 2.05) is 0 Å². The fourth-order valence-corrected chi connectivity index (χ4v) is 2.05. The molecule has 0 saturated heterocycles. The standard InChI is InChI=1S/C10H9BrF3NOS/c1-5(11)9(16)6-3-2-4-7(8(6)15)17-10(12,13)14/h2-5H,15H2,1H3. The Morgan fingerprint density at radius 3 is 2.53 bits per heavy atom. The van der Waals surface area contributed by atoms with Crippen molar-refractivity contribution in [2.45, 2.75) is 22.2 Å². The predicted molar refractivity (Wildman–Crippen MR) is 65.5 cm³/mol. The molecule has 1 unspecified atom stereocenters. The minimum atomic E-state index is -4.42. The highest BCUT2D eigenvalue weighted by atomic mass is 79.9. The van der Waals surface area contributed by atoms with Gasteiger partial charge < -0.3 is 5.73 Å². The highest BCUT2D eigenvalue weighted by Crippen LogP contribution is 2.40. The summed E-state index contributed by atoms with van der Waals surface area (Å²) in [7, 11) is 0. The molecule has 0 aliphatic heterocycles. The van der Waals surface area contributed by atoms with Crippen LogP contribution in [0, 0.1) is 0 Å². The number of anilines is 1. The van der Waals surface area contributed by atoms with Gasteiger partial charge >= 0.3 is 5.51 Å². The van der Waals surface area contributed by atoms with Gasteiger partial charge in [-0.15, -0.1) is 0 Å². The van der Waals surface area contributed by atoms with Crippen LogP contribution >= 0.6 is 27.7 Å². The van der Waals surface area contributed by atoms with Crippen LogP contribution in [0.5, 0.6) is 0 Å². The maximum absolute atomic E-state index is 12.2. The first-order chi connectivity index (χ1) is 7.72. The number of thioether (sulfide) groups is 1. The van der Waals surface area contributed by atoms with Crippen molar-refractivity contribution in [3.63, 3.8) is 0 Å². The van der Waals surface area contributed by atoms with Gasteiger partial charge in [0.1, 0.15) is 0 Å². The molecule has 0 aliphatic carbocycles. The third-order valence-corrected chi connectivity index (χ3v) is 3.14. The summed E-state index contributed by atoms with van der Waals surface area (Å²) >= 11 is 2.74. The Balaban J connectivity index is 3.12. The van der Waals surface area contributed by atoms with Crippen LogP contribution in [0.1, 0.15) is 17.3 Å². The molecule has 0 aromatic heterocycles. The first kappa shape index (κ1) is 14.4. The number of ketones is 1. The third-order valence-electron chi connectivity index (χ3n) is 1.92. The lowest BCUT2D eigenvalue weighted by molar-refractivity contribution is -0.0328. The summed E-state index contributed by atoms with van der Waals surface area (Å²) in [6.07, 6.45) is 0. The lowest BCUT2D eigenvalue weighted by atomic mass is 10.1. The van der Waals surface area contributed by atoms with Crippen molar-refractivity contribution >= 4 is 39.2 Å². The van der Waals surface area contributed by atoms with Gasteiger partial charge in [-0.05, 0) is 30.8 Å². The number of Topliss-reactive ketones (excluding diaryl/α,β-unsaturated/α-hetero) is 1. The third kappa shape index (κ3) is 3.92. The van der Waals surface area contributed by atoms with Crippen LogP contribution in [0.4, 0.5) is 18.9 Å². The largest absolute Gasteiger partial charge is 0.446 e. The minimum Gasteiger partial charge on any atom is -0.397 e. The summed E-state index contributed by atoms with van der Waals surface area (Å²) in [6, 6.07) is 4.03. The minimum absolute atomic E-state index is 0.101. The first-order valence-corrected chi connectivity index (χ1v) is 6.28. The molecule has 0 radical (unpaired) electrons. The smallest absolute Gasteiger partial charge is 0.397 e. The van der Waals surface area contributed by atoms with E-state index in [1.54, 1.807) is 6.92 Å². The van der Waals surface area contributed by atoms with Crippen molar-refractivity contribution in [2.75, 3.05) is 5.73 Å². The average Bonchev–Trinajstić information content (AvgIpc) is 2.18. The lowest BCUT2D eigenvalue weighted by Crippen LogP contribution is -2.13. The number of alkyl halides is 4. The highest BCUT2D eigenvalue weighted by molar-refractivity contribution is 9.10. The van der Waals surface area contributed by atoms with Gasteiger partial charge in [-0.2, -0.15) is 13.2 Å². The molecule has 1 aromatic rings. The first-order valence-electron chi connectivity index (χ1n) is 4.55. The Hall–Kier alpha value is -0.690. The van der Waals surface area contributed by atoms with Crippen molar-refractivity contribution in [1.82, 2.24) is 0 Å². The number of halogens is 4. The maximum atomic E-state index is 12.2. The van der Waals surface area contributed by atoms with E-state index in [0.717, 1.165) is 0 Å². The number of nitrogen functional groups attached to an aromatic ring is 1. The van der Waals surface area contributed by atoms with Crippen molar-refractivity contribution < 1.29 is 18.0 Å². The van der Waals surface area contributed by atoms with Crippen LogP contribution in [0.2, 0.25) is 0 Å². The molecular formula is C10H9BrF3NOS. The van der Waals surface area contributed by atoms with Gasteiger partial charge in [-0.25, -0.2) is 0 Å². The van der Waals surface area contributed by atoms with Crippen LogP contribution in [0.15, 0.2) is 23.1 Å². The van der Waals surface area contributed by atoms with E-state index in [1.165, 1.54) is 18.2 Å². The molecule has 0 amide bonds. The SMILES string of the molecule is CC(Br)C(=O)c1cccc(SC(F)(F)F)c1N. The van der Waals surface area contributed by atoms with Gasteiger partial charge in [0, 0.05) is 10.5 Å². The highest BCUT2D eigenvalue weighted by Gasteiger charge is 2.31. The zero-order valence-corrected chi connectivity index (χ0v) is 11.1. The molecule has 94 valence electrons. The summed E-state index contributed by atoms with van der Waals surface area (Å²) in [6.45, 7) is 1.59. The Morgan fingerprint density at radius 2 is 2.06 bits per heavy atom. The molecule has 1 atom stereocenters. The van der Waals surface area contributed by atoms with Crippen LogP contribution in [0.25, 0.3) is 0 Å².